The molecular formula is C8H17NO3. The van der Waals surface area contributed by atoms with Crippen LogP contribution in [0.1, 0.15) is 6.42 Å². The lowest BCUT2D eigenvalue weighted by atomic mass is 10.0. The number of likely N-dealkylation sites (N-methyl/N-ethyl adjacent to an activating group) is 1. The zero-order chi connectivity index (χ0) is 9.14. The van der Waals surface area contributed by atoms with E-state index in [9.17, 15) is 5.11 Å². The Bertz CT molecular complexity index is 140. The van der Waals surface area contributed by atoms with E-state index in [4.69, 9.17) is 9.47 Å². The number of aliphatic hydroxyl groups is 1. The molecule has 0 aliphatic carbocycles. The lowest BCUT2D eigenvalue weighted by Crippen LogP contribution is -2.51. The molecule has 0 unspecified atom stereocenters. The van der Waals surface area contributed by atoms with Crippen LogP contribution >= 0.6 is 0 Å². The summed E-state index contributed by atoms with van der Waals surface area (Å²) in [4.78, 5) is 2.00. The van der Waals surface area contributed by atoms with E-state index in [0.717, 1.165) is 6.42 Å². The molecule has 1 heterocycles. The van der Waals surface area contributed by atoms with E-state index in [1.807, 2.05) is 19.0 Å². The van der Waals surface area contributed by atoms with Crippen LogP contribution in [0.3, 0.4) is 0 Å². The minimum atomic E-state index is -0.543. The van der Waals surface area contributed by atoms with Crippen LogP contribution in [-0.4, -0.2) is 56.3 Å². The van der Waals surface area contributed by atoms with E-state index in [1.165, 1.54) is 0 Å². The number of rotatable bonds is 2. The molecule has 0 aromatic heterocycles. The quantitative estimate of drug-likeness (QED) is 0.624. The van der Waals surface area contributed by atoms with Crippen molar-refractivity contribution in [2.24, 2.45) is 0 Å². The van der Waals surface area contributed by atoms with Crippen LogP contribution in [0.2, 0.25) is 0 Å². The van der Waals surface area contributed by atoms with E-state index in [-0.39, 0.29) is 6.04 Å². The average molecular weight is 175 g/mol. The Morgan fingerprint density at radius 1 is 1.50 bits per heavy atom. The fourth-order valence-corrected chi connectivity index (χ4v) is 1.53. The van der Waals surface area contributed by atoms with Gasteiger partial charge in [-0.1, -0.05) is 0 Å². The van der Waals surface area contributed by atoms with E-state index in [2.05, 4.69) is 0 Å². The van der Waals surface area contributed by atoms with E-state index in [1.54, 1.807) is 7.11 Å². The van der Waals surface area contributed by atoms with Crippen molar-refractivity contribution >= 4 is 0 Å². The number of hydrogen-bond acceptors (Lipinski definition) is 4. The summed E-state index contributed by atoms with van der Waals surface area (Å²) in [5.41, 5.74) is 0. The maximum Gasteiger partial charge on any atom is 0.184 e. The first kappa shape index (κ1) is 9.92. The van der Waals surface area contributed by atoms with Gasteiger partial charge in [0.2, 0.25) is 0 Å². The van der Waals surface area contributed by atoms with Crippen LogP contribution < -0.4 is 0 Å². The van der Waals surface area contributed by atoms with Crippen molar-refractivity contribution in [3.05, 3.63) is 0 Å². The van der Waals surface area contributed by atoms with Gasteiger partial charge in [-0.3, -0.25) is 0 Å². The number of ether oxygens (including phenoxy) is 2. The minimum absolute atomic E-state index is 0.142. The Hall–Kier alpha value is -0.160. The van der Waals surface area contributed by atoms with Gasteiger partial charge in [0.15, 0.2) is 6.29 Å². The highest BCUT2D eigenvalue weighted by atomic mass is 16.7. The van der Waals surface area contributed by atoms with Crippen molar-refractivity contribution < 1.29 is 14.6 Å². The van der Waals surface area contributed by atoms with Gasteiger partial charge in [0.05, 0.1) is 6.61 Å². The van der Waals surface area contributed by atoms with Gasteiger partial charge in [0, 0.05) is 13.2 Å². The first-order valence-corrected chi connectivity index (χ1v) is 4.15. The fraction of sp³-hybridized carbons (Fsp3) is 1.00. The summed E-state index contributed by atoms with van der Waals surface area (Å²) in [6.45, 7) is 0.651. The second kappa shape index (κ2) is 4.18. The normalized spacial score (nSPS) is 37.2. The number of hydrogen-bond donors (Lipinski definition) is 1. The Labute approximate surface area is 73.1 Å². The first-order chi connectivity index (χ1) is 5.66. The topological polar surface area (TPSA) is 41.9 Å². The van der Waals surface area contributed by atoms with E-state index >= 15 is 0 Å². The Morgan fingerprint density at radius 3 is 2.67 bits per heavy atom. The predicted octanol–water partition coefficient (Wildman–Crippen LogP) is -0.330. The molecule has 1 aliphatic heterocycles. The van der Waals surface area contributed by atoms with Crippen molar-refractivity contribution in [3.8, 4) is 0 Å². The third kappa shape index (κ3) is 1.95. The van der Waals surface area contributed by atoms with Gasteiger partial charge < -0.3 is 19.5 Å². The van der Waals surface area contributed by atoms with Gasteiger partial charge in [-0.05, 0) is 20.5 Å². The van der Waals surface area contributed by atoms with Crippen LogP contribution in [0.15, 0.2) is 0 Å². The van der Waals surface area contributed by atoms with Crippen molar-refractivity contribution in [3.63, 3.8) is 0 Å². The predicted molar refractivity (Wildman–Crippen MR) is 44.8 cm³/mol. The van der Waals surface area contributed by atoms with Gasteiger partial charge >= 0.3 is 0 Å². The van der Waals surface area contributed by atoms with Crippen LogP contribution in [0.4, 0.5) is 0 Å². The second-order valence-electron chi connectivity index (χ2n) is 3.29. The maximum atomic E-state index is 9.71. The molecule has 0 aromatic rings. The third-order valence-electron chi connectivity index (χ3n) is 2.26. The number of nitrogens with zero attached hydrogens (tertiary/aromatic N) is 1. The smallest absolute Gasteiger partial charge is 0.184 e. The summed E-state index contributed by atoms with van der Waals surface area (Å²) in [7, 11) is 5.45. The van der Waals surface area contributed by atoms with Crippen LogP contribution in [0.25, 0.3) is 0 Å². The van der Waals surface area contributed by atoms with Gasteiger partial charge in [-0.15, -0.1) is 0 Å². The molecular weight excluding hydrogens is 158 g/mol. The lowest BCUT2D eigenvalue weighted by Gasteiger charge is -2.37. The summed E-state index contributed by atoms with van der Waals surface area (Å²) in [6, 6.07) is 0.142. The molecule has 1 rings (SSSR count). The largest absolute Gasteiger partial charge is 0.386 e. The van der Waals surface area contributed by atoms with Gasteiger partial charge in [-0.25, -0.2) is 0 Å². The second-order valence-corrected chi connectivity index (χ2v) is 3.29. The molecule has 1 N–H and O–H groups in total. The first-order valence-electron chi connectivity index (χ1n) is 4.15. The molecule has 1 aliphatic rings. The zero-order valence-corrected chi connectivity index (χ0v) is 7.86. The van der Waals surface area contributed by atoms with Crippen molar-refractivity contribution in [1.29, 1.82) is 0 Å². The fourth-order valence-electron chi connectivity index (χ4n) is 1.53. The summed E-state index contributed by atoms with van der Waals surface area (Å²) in [5, 5.41) is 9.71. The molecule has 4 heteroatoms. The monoisotopic (exact) mass is 175 g/mol. The summed E-state index contributed by atoms with van der Waals surface area (Å²) in [5.74, 6) is 0. The molecule has 3 atom stereocenters. The van der Waals surface area contributed by atoms with Crippen molar-refractivity contribution in [2.75, 3.05) is 27.8 Å². The molecule has 0 bridgehead atoms. The molecule has 0 radical (unpaired) electrons. The highest BCUT2D eigenvalue weighted by molar-refractivity contribution is 4.81. The van der Waals surface area contributed by atoms with Crippen LogP contribution in [0.5, 0.6) is 0 Å². The van der Waals surface area contributed by atoms with E-state index < -0.39 is 12.4 Å². The summed E-state index contributed by atoms with van der Waals surface area (Å²) < 4.78 is 10.2. The van der Waals surface area contributed by atoms with Gasteiger partial charge in [-0.2, -0.15) is 0 Å². The standard InChI is InChI=1S/C8H17NO3/c1-9(2)6-4-5-12-8(11-3)7(6)10/h6-8,10H,4-5H2,1-3H3/t6-,7-,8+/m1/s1. The third-order valence-corrected chi connectivity index (χ3v) is 2.26. The highest BCUT2D eigenvalue weighted by Crippen LogP contribution is 2.18. The summed E-state index contributed by atoms with van der Waals surface area (Å²) in [6.07, 6.45) is -0.154. The maximum absolute atomic E-state index is 9.71. The molecule has 72 valence electrons. The number of methoxy groups -OCH3 is 1. The lowest BCUT2D eigenvalue weighted by molar-refractivity contribution is -0.219. The Kier molecular flexibility index (Phi) is 3.46. The average Bonchev–Trinajstić information content (AvgIpc) is 2.04. The van der Waals surface area contributed by atoms with Crippen molar-refractivity contribution in [2.45, 2.75) is 24.9 Å². The molecule has 1 fully saturated rings. The molecule has 0 aromatic carbocycles. The molecule has 12 heavy (non-hydrogen) atoms. The number of aliphatic hydroxyl groups excluding tert-OH is 1. The molecule has 0 spiro atoms. The minimum Gasteiger partial charge on any atom is -0.386 e. The van der Waals surface area contributed by atoms with Gasteiger partial charge in [0.25, 0.3) is 0 Å². The van der Waals surface area contributed by atoms with E-state index in [0.29, 0.717) is 6.61 Å². The molecule has 1 saturated heterocycles. The Balaban J connectivity index is 2.53. The van der Waals surface area contributed by atoms with Crippen molar-refractivity contribution in [1.82, 2.24) is 4.90 Å². The zero-order valence-electron chi connectivity index (χ0n) is 7.86. The van der Waals surface area contributed by atoms with Crippen LogP contribution in [0, 0.1) is 0 Å². The van der Waals surface area contributed by atoms with Crippen LogP contribution in [-0.2, 0) is 9.47 Å². The Morgan fingerprint density at radius 2 is 2.17 bits per heavy atom. The molecule has 0 saturated carbocycles. The molecule has 0 amide bonds. The SMILES string of the molecule is CO[C@H]1OCC[C@@H](N(C)C)[C@H]1O. The molecule has 4 nitrogen and oxygen atoms in total. The highest BCUT2D eigenvalue weighted by Gasteiger charge is 2.33. The van der Waals surface area contributed by atoms with Gasteiger partial charge in [0.1, 0.15) is 6.10 Å². The summed E-state index contributed by atoms with van der Waals surface area (Å²) >= 11 is 0.